The molecule has 3 nitrogen and oxygen atoms in total. The van der Waals surface area contributed by atoms with E-state index in [1.165, 1.54) is 5.57 Å². The fourth-order valence-electron chi connectivity index (χ4n) is 1.35. The van der Waals surface area contributed by atoms with Gasteiger partial charge in [0.05, 0.1) is 13.0 Å². The highest BCUT2D eigenvalue weighted by molar-refractivity contribution is 5.72. The molecular weight excluding hydrogens is 166 g/mol. The van der Waals surface area contributed by atoms with Gasteiger partial charge in [-0.15, -0.1) is 0 Å². The summed E-state index contributed by atoms with van der Waals surface area (Å²) >= 11 is 0. The Labute approximate surface area is 78.5 Å². The summed E-state index contributed by atoms with van der Waals surface area (Å²) in [5, 5.41) is 0. The van der Waals surface area contributed by atoms with Gasteiger partial charge in [0.25, 0.3) is 0 Å². The van der Waals surface area contributed by atoms with Crippen LogP contribution in [-0.4, -0.2) is 25.8 Å². The quantitative estimate of drug-likeness (QED) is 0.287. The van der Waals surface area contributed by atoms with Crippen molar-refractivity contribution in [3.05, 3.63) is 11.6 Å². The van der Waals surface area contributed by atoms with E-state index in [0.29, 0.717) is 13.0 Å². The van der Waals surface area contributed by atoms with Crippen molar-refractivity contribution in [2.45, 2.75) is 25.7 Å². The molecule has 0 bridgehead atoms. The van der Waals surface area contributed by atoms with E-state index >= 15 is 0 Å². The summed E-state index contributed by atoms with van der Waals surface area (Å²) in [5.74, 6) is -0.102. The highest BCUT2D eigenvalue weighted by Gasteiger charge is 2.10. The van der Waals surface area contributed by atoms with Crippen molar-refractivity contribution in [1.82, 2.24) is 0 Å². The van der Waals surface area contributed by atoms with E-state index in [1.54, 1.807) is 0 Å². The number of cyclic esters (lactones) is 1. The number of hydrogen-bond acceptors (Lipinski definition) is 3. The summed E-state index contributed by atoms with van der Waals surface area (Å²) < 4.78 is 4.91. The summed E-state index contributed by atoms with van der Waals surface area (Å²) in [6, 6.07) is 0. The van der Waals surface area contributed by atoms with Crippen molar-refractivity contribution in [3.63, 3.8) is 0 Å². The normalized spacial score (nSPS) is 17.2. The number of nitrogens with zero attached hydrogens (tertiary/aromatic N) is 1. The molecule has 3 heteroatoms. The zero-order chi connectivity index (χ0) is 9.52. The van der Waals surface area contributed by atoms with Crippen molar-refractivity contribution in [2.24, 2.45) is 4.99 Å². The van der Waals surface area contributed by atoms with Crippen LogP contribution in [0.1, 0.15) is 25.7 Å². The second kappa shape index (κ2) is 5.51. The van der Waals surface area contributed by atoms with Crippen molar-refractivity contribution in [1.29, 1.82) is 0 Å². The number of rotatable bonds is 4. The number of esters is 1. The lowest BCUT2D eigenvalue weighted by Gasteiger charge is -2.01. The lowest BCUT2D eigenvalue weighted by Crippen LogP contribution is -2.03. The summed E-state index contributed by atoms with van der Waals surface area (Å²) in [6.07, 6.45) is 5.32. The third kappa shape index (κ3) is 3.87. The fraction of sp³-hybridized carbons (Fsp3) is 0.600. The third-order valence-corrected chi connectivity index (χ3v) is 2.00. The van der Waals surface area contributed by atoms with Crippen LogP contribution < -0.4 is 0 Å². The summed E-state index contributed by atoms with van der Waals surface area (Å²) in [4.78, 5) is 14.8. The van der Waals surface area contributed by atoms with Crippen LogP contribution in [0.15, 0.2) is 16.6 Å². The van der Waals surface area contributed by atoms with E-state index in [1.807, 2.05) is 0 Å². The predicted octanol–water partition coefficient (Wildman–Crippen LogP) is 1.73. The molecule has 1 aliphatic rings. The predicted molar refractivity (Wildman–Crippen MR) is 51.9 cm³/mol. The smallest absolute Gasteiger partial charge is 0.309 e. The van der Waals surface area contributed by atoms with E-state index in [9.17, 15) is 4.79 Å². The van der Waals surface area contributed by atoms with E-state index in [2.05, 4.69) is 17.8 Å². The van der Waals surface area contributed by atoms with Crippen LogP contribution in [0.2, 0.25) is 0 Å². The van der Waals surface area contributed by atoms with E-state index in [0.717, 1.165) is 25.8 Å². The fourth-order valence-corrected chi connectivity index (χ4v) is 1.35. The molecule has 0 spiro atoms. The summed E-state index contributed by atoms with van der Waals surface area (Å²) in [5.41, 5.74) is 1.19. The van der Waals surface area contributed by atoms with Gasteiger partial charge in [-0.05, 0) is 26.0 Å². The molecule has 0 atom stereocenters. The first kappa shape index (κ1) is 9.96. The van der Waals surface area contributed by atoms with Gasteiger partial charge in [0.1, 0.15) is 0 Å². The maximum absolute atomic E-state index is 11.0. The lowest BCUT2D eigenvalue weighted by atomic mass is 10.1. The summed E-state index contributed by atoms with van der Waals surface area (Å²) in [6.45, 7) is 4.72. The van der Waals surface area contributed by atoms with Crippen LogP contribution in [0.25, 0.3) is 0 Å². The van der Waals surface area contributed by atoms with Crippen molar-refractivity contribution >= 4 is 12.7 Å². The van der Waals surface area contributed by atoms with E-state index in [4.69, 9.17) is 4.74 Å². The van der Waals surface area contributed by atoms with Crippen molar-refractivity contribution in [2.75, 3.05) is 13.2 Å². The van der Waals surface area contributed by atoms with Gasteiger partial charge >= 0.3 is 5.97 Å². The Morgan fingerprint density at radius 3 is 3.23 bits per heavy atom. The SMILES string of the molecule is C=NCCCC1=CCCOC(=O)C1. The van der Waals surface area contributed by atoms with Gasteiger partial charge in [0.2, 0.25) is 0 Å². The Morgan fingerprint density at radius 1 is 1.62 bits per heavy atom. The average molecular weight is 181 g/mol. The molecule has 0 saturated carbocycles. The highest BCUT2D eigenvalue weighted by Crippen LogP contribution is 2.15. The lowest BCUT2D eigenvalue weighted by molar-refractivity contribution is -0.142. The minimum absolute atomic E-state index is 0.102. The van der Waals surface area contributed by atoms with Gasteiger partial charge in [-0.3, -0.25) is 4.79 Å². The molecule has 0 amide bonds. The van der Waals surface area contributed by atoms with Crippen LogP contribution in [0.5, 0.6) is 0 Å². The first-order valence-electron chi connectivity index (χ1n) is 4.59. The summed E-state index contributed by atoms with van der Waals surface area (Å²) in [7, 11) is 0. The van der Waals surface area contributed by atoms with Crippen LogP contribution in [0, 0.1) is 0 Å². The molecule has 0 saturated heterocycles. The number of ether oxygens (including phenoxy) is 1. The van der Waals surface area contributed by atoms with Crippen LogP contribution in [-0.2, 0) is 9.53 Å². The molecule has 0 unspecified atom stereocenters. The topological polar surface area (TPSA) is 38.7 Å². The molecule has 0 aromatic carbocycles. The van der Waals surface area contributed by atoms with Crippen LogP contribution >= 0.6 is 0 Å². The zero-order valence-electron chi connectivity index (χ0n) is 7.79. The Hall–Kier alpha value is -1.12. The molecule has 1 rings (SSSR count). The zero-order valence-corrected chi connectivity index (χ0v) is 7.79. The number of carbonyl (C=O) groups is 1. The molecule has 0 aromatic rings. The molecule has 0 radical (unpaired) electrons. The molecule has 13 heavy (non-hydrogen) atoms. The monoisotopic (exact) mass is 181 g/mol. The van der Waals surface area contributed by atoms with Gasteiger partial charge < -0.3 is 9.73 Å². The second-order valence-electron chi connectivity index (χ2n) is 3.10. The Balaban J connectivity index is 2.33. The molecular formula is C10H15NO2. The Kier molecular flexibility index (Phi) is 4.23. The Bertz CT molecular complexity index is 221. The average Bonchev–Trinajstić information content (AvgIpc) is 2.31. The maximum atomic E-state index is 11.0. The molecule has 1 aliphatic heterocycles. The molecule has 0 aromatic heterocycles. The molecule has 0 N–H and O–H groups in total. The van der Waals surface area contributed by atoms with Gasteiger partial charge in [-0.2, -0.15) is 0 Å². The van der Waals surface area contributed by atoms with Crippen LogP contribution in [0.4, 0.5) is 0 Å². The number of hydrogen-bond donors (Lipinski definition) is 0. The van der Waals surface area contributed by atoms with Gasteiger partial charge in [-0.25, -0.2) is 0 Å². The van der Waals surface area contributed by atoms with Gasteiger partial charge in [0, 0.05) is 6.54 Å². The van der Waals surface area contributed by atoms with Crippen molar-refractivity contribution in [3.8, 4) is 0 Å². The van der Waals surface area contributed by atoms with E-state index < -0.39 is 0 Å². The molecule has 1 heterocycles. The molecule has 0 fully saturated rings. The standard InChI is InChI=1S/C10H15NO2/c1-11-6-2-4-9-5-3-7-13-10(12)8-9/h5H,1-4,6-8H2. The van der Waals surface area contributed by atoms with Crippen LogP contribution in [0.3, 0.4) is 0 Å². The second-order valence-corrected chi connectivity index (χ2v) is 3.10. The first-order chi connectivity index (χ1) is 6.33. The van der Waals surface area contributed by atoms with Gasteiger partial charge in [0.15, 0.2) is 0 Å². The molecule has 72 valence electrons. The van der Waals surface area contributed by atoms with E-state index in [-0.39, 0.29) is 5.97 Å². The number of aliphatic imine (C=N–C) groups is 1. The Morgan fingerprint density at radius 2 is 2.46 bits per heavy atom. The van der Waals surface area contributed by atoms with Gasteiger partial charge in [-0.1, -0.05) is 11.6 Å². The maximum Gasteiger partial charge on any atom is 0.309 e. The van der Waals surface area contributed by atoms with Crippen molar-refractivity contribution < 1.29 is 9.53 Å². The largest absolute Gasteiger partial charge is 0.465 e. The third-order valence-electron chi connectivity index (χ3n) is 2.00. The minimum Gasteiger partial charge on any atom is -0.465 e. The first-order valence-corrected chi connectivity index (χ1v) is 4.59. The minimum atomic E-state index is -0.102. The molecule has 0 aliphatic carbocycles. The number of carbonyl (C=O) groups excluding carboxylic acids is 1. The highest BCUT2D eigenvalue weighted by atomic mass is 16.5.